The van der Waals surface area contributed by atoms with Gasteiger partial charge in [0.25, 0.3) is 0 Å². The normalized spacial score (nSPS) is 7.23. The zero-order chi connectivity index (χ0) is 9.78. The fourth-order valence-corrected chi connectivity index (χ4v) is 0.501. The van der Waals surface area contributed by atoms with Crippen molar-refractivity contribution in [1.82, 2.24) is 0 Å². The van der Waals surface area contributed by atoms with Crippen molar-refractivity contribution in [1.29, 1.82) is 0 Å². The van der Waals surface area contributed by atoms with Crippen LogP contribution in [0, 0.1) is 24.3 Å². The van der Waals surface area contributed by atoms with Gasteiger partial charge in [0.05, 0.1) is 0 Å². The molecule has 2 aromatic rings. The Balaban J connectivity index is 0.000000174. The van der Waals surface area contributed by atoms with E-state index in [0.717, 1.165) is 0 Å². The van der Waals surface area contributed by atoms with E-state index in [1.807, 2.05) is 30.3 Å². The van der Waals surface area contributed by atoms with E-state index in [1.54, 1.807) is 6.07 Å². The maximum Gasteiger partial charge on any atom is -0.172 e. The third kappa shape index (κ3) is 12.2. The standard InChI is InChI=1S/C5H5.C5H.2ClH.Zr/c2*1-2-4-5-3-1;;;/h1-5H;1H;2*1H;/q-1;-5;;;+2/p-2. The smallest absolute Gasteiger partial charge is 0.172 e. The molecule has 0 amide bonds. The molecule has 70 valence electrons. The van der Waals surface area contributed by atoms with Gasteiger partial charge in [0.2, 0.25) is 0 Å². The van der Waals surface area contributed by atoms with Crippen LogP contribution in [0.2, 0.25) is 0 Å². The Morgan fingerprint density at radius 2 is 1.46 bits per heavy atom. The molecule has 0 fully saturated rings. The molecule has 0 bridgehead atoms. The minimum absolute atomic E-state index is 0.826. The Morgan fingerprint density at radius 3 is 1.62 bits per heavy atom. The van der Waals surface area contributed by atoms with Gasteiger partial charge in [-0.1, -0.05) is 0 Å². The summed E-state index contributed by atoms with van der Waals surface area (Å²) in [4.78, 5) is 0. The third-order valence-corrected chi connectivity index (χ3v) is 0.907. The predicted molar refractivity (Wildman–Crippen MR) is 51.1 cm³/mol. The Morgan fingerprint density at radius 1 is 1.00 bits per heavy atom. The van der Waals surface area contributed by atoms with Gasteiger partial charge < -0.3 is 30.3 Å². The van der Waals surface area contributed by atoms with Gasteiger partial charge in [0, 0.05) is 0 Å². The molecule has 0 aliphatic carbocycles. The molecule has 0 atom stereocenters. The summed E-state index contributed by atoms with van der Waals surface area (Å²) in [6.45, 7) is 0. The van der Waals surface area contributed by atoms with Crippen molar-refractivity contribution in [3.05, 3.63) is 60.7 Å². The maximum absolute atomic E-state index is 4.93. The van der Waals surface area contributed by atoms with E-state index in [9.17, 15) is 0 Å². The SMILES string of the molecule is [Cl][Zr][Cl].[c-]1[c-][c-][cH-][c-]1.c1cc[cH-]c1. The van der Waals surface area contributed by atoms with Gasteiger partial charge in [-0.15, -0.1) is 0 Å². The zero-order valence-electron chi connectivity index (χ0n) is 6.72. The summed E-state index contributed by atoms with van der Waals surface area (Å²) >= 11 is -0.826. The van der Waals surface area contributed by atoms with Crippen LogP contribution in [0.3, 0.4) is 0 Å². The summed E-state index contributed by atoms with van der Waals surface area (Å²) in [7, 11) is 9.87. The van der Waals surface area contributed by atoms with Crippen LogP contribution in [0.4, 0.5) is 0 Å². The largest absolute Gasteiger partial charge is 0.999 e. The molecule has 0 aromatic heterocycles. The van der Waals surface area contributed by atoms with Crippen molar-refractivity contribution >= 4 is 17.0 Å². The second-order valence-electron chi connectivity index (χ2n) is 1.72. The van der Waals surface area contributed by atoms with Gasteiger partial charge >= 0.3 is 37.9 Å². The van der Waals surface area contributed by atoms with Gasteiger partial charge in [-0.25, -0.2) is 12.1 Å². The molecule has 3 heteroatoms. The molecule has 0 nitrogen and oxygen atoms in total. The van der Waals surface area contributed by atoms with Crippen LogP contribution in [0.15, 0.2) is 36.4 Å². The average Bonchev–Trinajstić information content (AvgIpc) is 2.85. The molecule has 0 aliphatic heterocycles. The second kappa shape index (κ2) is 12.2. The van der Waals surface area contributed by atoms with E-state index >= 15 is 0 Å². The molecule has 2 aromatic carbocycles. The summed E-state index contributed by atoms with van der Waals surface area (Å²) in [5.41, 5.74) is 0. The Labute approximate surface area is 97.9 Å². The van der Waals surface area contributed by atoms with Crippen molar-refractivity contribution in [2.75, 3.05) is 0 Å². The Hall–Kier alpha value is 0.163. The fraction of sp³-hybridized carbons (Fsp3) is 0. The number of rotatable bonds is 0. The summed E-state index contributed by atoms with van der Waals surface area (Å²) in [5.74, 6) is 0. The number of halogens is 2. The number of hydrogen-bond acceptors (Lipinski definition) is 0. The van der Waals surface area contributed by atoms with Gasteiger partial charge in [0.1, 0.15) is 0 Å². The predicted octanol–water partition coefficient (Wildman–Crippen LogP) is 3.39. The molecule has 13 heavy (non-hydrogen) atoms. The van der Waals surface area contributed by atoms with Gasteiger partial charge in [-0.3, -0.25) is 0 Å². The van der Waals surface area contributed by atoms with Crippen LogP contribution < -0.4 is 0 Å². The quantitative estimate of drug-likeness (QED) is 0.652. The molecular weight excluding hydrogens is 282 g/mol. The molecule has 0 aliphatic rings. The molecule has 0 heterocycles. The van der Waals surface area contributed by atoms with Crippen molar-refractivity contribution in [2.45, 2.75) is 0 Å². The molecule has 0 radical (unpaired) electrons. The average molecular weight is 288 g/mol. The van der Waals surface area contributed by atoms with Crippen LogP contribution in [-0.4, -0.2) is 0 Å². The minimum atomic E-state index is -0.826. The molecule has 0 saturated heterocycles. The van der Waals surface area contributed by atoms with E-state index in [1.165, 1.54) is 0 Å². The van der Waals surface area contributed by atoms with Crippen LogP contribution in [0.1, 0.15) is 0 Å². The first-order valence-corrected chi connectivity index (χ1v) is 9.70. The number of hydrogen-bond donors (Lipinski definition) is 0. The van der Waals surface area contributed by atoms with Crippen molar-refractivity contribution in [3.63, 3.8) is 0 Å². The van der Waals surface area contributed by atoms with E-state index < -0.39 is 20.8 Å². The fourth-order valence-electron chi connectivity index (χ4n) is 0.501. The Bertz CT molecular complexity index is 165. The first-order chi connectivity index (χ1) is 6.41. The van der Waals surface area contributed by atoms with Crippen molar-refractivity contribution in [2.24, 2.45) is 0 Å². The summed E-state index contributed by atoms with van der Waals surface area (Å²) in [5, 5.41) is 0. The first-order valence-electron chi connectivity index (χ1n) is 3.37. The van der Waals surface area contributed by atoms with Gasteiger partial charge in [-0.2, -0.15) is 18.2 Å². The monoisotopic (exact) mass is 286 g/mol. The van der Waals surface area contributed by atoms with E-state index in [4.69, 9.17) is 17.0 Å². The van der Waals surface area contributed by atoms with E-state index in [0.29, 0.717) is 0 Å². The third-order valence-electron chi connectivity index (χ3n) is 0.907. The molecule has 0 unspecified atom stereocenters. The van der Waals surface area contributed by atoms with Crippen LogP contribution in [0.5, 0.6) is 0 Å². The van der Waals surface area contributed by atoms with Gasteiger partial charge in [-0.05, 0) is 0 Å². The molecule has 2 rings (SSSR count). The van der Waals surface area contributed by atoms with Crippen LogP contribution in [-0.2, 0) is 20.8 Å². The topological polar surface area (TPSA) is 0 Å². The molecule has 0 saturated carbocycles. The van der Waals surface area contributed by atoms with Crippen LogP contribution >= 0.6 is 17.0 Å². The van der Waals surface area contributed by atoms with Crippen molar-refractivity contribution in [3.8, 4) is 0 Å². The van der Waals surface area contributed by atoms with Crippen molar-refractivity contribution < 1.29 is 20.8 Å². The zero-order valence-corrected chi connectivity index (χ0v) is 10.7. The first kappa shape index (κ1) is 13.2. The molecule has 0 spiro atoms. The minimum Gasteiger partial charge on any atom is -0.999 e. The Kier molecular flexibility index (Phi) is 12.3. The molecular formula is C10H6Cl2Zr-6. The second-order valence-corrected chi connectivity index (χ2v) is 5.45. The van der Waals surface area contributed by atoms with Crippen LogP contribution in [0.25, 0.3) is 0 Å². The summed E-state index contributed by atoms with van der Waals surface area (Å²) in [6.07, 6.45) is 0. The maximum atomic E-state index is 4.93. The summed E-state index contributed by atoms with van der Waals surface area (Å²) in [6, 6.07) is 22.0. The van der Waals surface area contributed by atoms with Gasteiger partial charge in [0.15, 0.2) is 0 Å². The van der Waals surface area contributed by atoms with E-state index in [2.05, 4.69) is 24.3 Å². The molecule has 0 N–H and O–H groups in total. The van der Waals surface area contributed by atoms with E-state index in [-0.39, 0.29) is 0 Å². The summed E-state index contributed by atoms with van der Waals surface area (Å²) < 4.78 is 0.